The summed E-state index contributed by atoms with van der Waals surface area (Å²) < 4.78 is 25.0. The SMILES string of the molecule is CCCOC(=O)Nc1nc(=O)n([C@@H]2CS[C@H](CO)O2)cc1F. The van der Waals surface area contributed by atoms with E-state index >= 15 is 0 Å². The fourth-order valence-corrected chi connectivity index (χ4v) is 2.68. The lowest BCUT2D eigenvalue weighted by atomic mass is 10.5. The van der Waals surface area contributed by atoms with Crippen LogP contribution in [0, 0.1) is 5.82 Å². The van der Waals surface area contributed by atoms with Crippen LogP contribution in [0.4, 0.5) is 15.0 Å². The Hall–Kier alpha value is -1.65. The number of rotatable bonds is 5. The number of hydrogen-bond acceptors (Lipinski definition) is 7. The minimum atomic E-state index is -0.880. The number of nitrogens with one attached hydrogen (secondary N) is 1. The number of thioether (sulfide) groups is 1. The molecular weight excluding hydrogens is 317 g/mol. The van der Waals surface area contributed by atoms with E-state index in [9.17, 15) is 14.0 Å². The number of amides is 1. The van der Waals surface area contributed by atoms with Gasteiger partial charge in [0.25, 0.3) is 0 Å². The van der Waals surface area contributed by atoms with Crippen LogP contribution in [0.2, 0.25) is 0 Å². The number of anilines is 1. The second-order valence-corrected chi connectivity index (χ2v) is 5.62. The Morgan fingerprint density at radius 2 is 2.50 bits per heavy atom. The monoisotopic (exact) mass is 333 g/mol. The Morgan fingerprint density at radius 3 is 3.14 bits per heavy atom. The second kappa shape index (κ2) is 7.56. The van der Waals surface area contributed by atoms with Gasteiger partial charge in [0.2, 0.25) is 0 Å². The summed E-state index contributed by atoms with van der Waals surface area (Å²) in [4.78, 5) is 26.7. The molecule has 2 N–H and O–H groups in total. The van der Waals surface area contributed by atoms with Gasteiger partial charge in [-0.2, -0.15) is 4.98 Å². The van der Waals surface area contributed by atoms with Gasteiger partial charge in [-0.15, -0.1) is 11.8 Å². The Kier molecular flexibility index (Phi) is 5.75. The lowest BCUT2D eigenvalue weighted by Crippen LogP contribution is -2.30. The molecule has 122 valence electrons. The van der Waals surface area contributed by atoms with E-state index in [1.807, 2.05) is 6.92 Å². The van der Waals surface area contributed by atoms with Gasteiger partial charge in [0, 0.05) is 5.75 Å². The van der Waals surface area contributed by atoms with Crippen LogP contribution in [0.15, 0.2) is 11.0 Å². The number of aromatic nitrogens is 2. The largest absolute Gasteiger partial charge is 0.449 e. The number of aliphatic hydroxyl groups is 1. The van der Waals surface area contributed by atoms with Crippen molar-refractivity contribution in [2.24, 2.45) is 0 Å². The average Bonchev–Trinajstić information content (AvgIpc) is 2.97. The van der Waals surface area contributed by atoms with Crippen LogP contribution in [0.25, 0.3) is 0 Å². The molecule has 1 amide bonds. The normalized spacial score (nSPS) is 20.9. The molecule has 1 aliphatic rings. The predicted molar refractivity (Wildman–Crippen MR) is 77.2 cm³/mol. The molecule has 2 heterocycles. The number of carbonyl (C=O) groups is 1. The molecule has 1 aliphatic heterocycles. The van der Waals surface area contributed by atoms with Gasteiger partial charge in [-0.3, -0.25) is 9.88 Å². The molecule has 2 rings (SSSR count). The van der Waals surface area contributed by atoms with E-state index in [-0.39, 0.29) is 13.2 Å². The fraction of sp³-hybridized carbons (Fsp3) is 0.583. The maximum atomic E-state index is 13.9. The van der Waals surface area contributed by atoms with Gasteiger partial charge in [-0.25, -0.2) is 14.0 Å². The summed E-state index contributed by atoms with van der Waals surface area (Å²) in [5.74, 6) is -0.988. The summed E-state index contributed by atoms with van der Waals surface area (Å²) in [6.07, 6.45) is -0.0558. The smallest absolute Gasteiger partial charge is 0.412 e. The van der Waals surface area contributed by atoms with Crippen LogP contribution >= 0.6 is 11.8 Å². The van der Waals surface area contributed by atoms with Crippen molar-refractivity contribution >= 4 is 23.7 Å². The van der Waals surface area contributed by atoms with E-state index in [4.69, 9.17) is 14.6 Å². The number of aliphatic hydroxyl groups excluding tert-OH is 1. The third kappa shape index (κ3) is 3.96. The third-order valence-electron chi connectivity index (χ3n) is 2.76. The van der Waals surface area contributed by atoms with Crippen molar-refractivity contribution in [2.75, 3.05) is 24.3 Å². The van der Waals surface area contributed by atoms with Crippen molar-refractivity contribution in [3.8, 4) is 0 Å². The van der Waals surface area contributed by atoms with Crippen molar-refractivity contribution in [1.82, 2.24) is 9.55 Å². The van der Waals surface area contributed by atoms with Gasteiger partial charge < -0.3 is 14.6 Å². The molecule has 0 radical (unpaired) electrons. The predicted octanol–water partition coefficient (Wildman–Crippen LogP) is 0.921. The highest BCUT2D eigenvalue weighted by Crippen LogP contribution is 2.30. The summed E-state index contributed by atoms with van der Waals surface area (Å²) in [6.45, 7) is 1.79. The van der Waals surface area contributed by atoms with E-state index in [1.165, 1.54) is 11.8 Å². The quantitative estimate of drug-likeness (QED) is 0.826. The van der Waals surface area contributed by atoms with Crippen LogP contribution in [0.5, 0.6) is 0 Å². The van der Waals surface area contributed by atoms with Crippen LogP contribution in [-0.4, -0.2) is 45.2 Å². The highest BCUT2D eigenvalue weighted by atomic mass is 32.2. The summed E-state index contributed by atoms with van der Waals surface area (Å²) >= 11 is 1.31. The Morgan fingerprint density at radius 1 is 1.73 bits per heavy atom. The van der Waals surface area contributed by atoms with Gasteiger partial charge >= 0.3 is 11.8 Å². The third-order valence-corrected chi connectivity index (χ3v) is 3.87. The minimum Gasteiger partial charge on any atom is -0.449 e. The van der Waals surface area contributed by atoms with E-state index in [1.54, 1.807) is 0 Å². The average molecular weight is 333 g/mol. The first-order valence-corrected chi connectivity index (χ1v) is 7.70. The molecule has 2 atom stereocenters. The molecule has 0 unspecified atom stereocenters. The second-order valence-electron chi connectivity index (χ2n) is 4.42. The van der Waals surface area contributed by atoms with Gasteiger partial charge in [-0.05, 0) is 6.42 Å². The molecule has 10 heteroatoms. The number of carbonyl (C=O) groups excluding carboxylic acids is 1. The zero-order valence-electron chi connectivity index (χ0n) is 11.8. The molecule has 1 fully saturated rings. The van der Waals surface area contributed by atoms with E-state index in [0.717, 1.165) is 10.8 Å². The van der Waals surface area contributed by atoms with Crippen molar-refractivity contribution in [1.29, 1.82) is 0 Å². The molecule has 1 saturated heterocycles. The Labute approximate surface area is 129 Å². The lowest BCUT2D eigenvalue weighted by molar-refractivity contribution is -0.00677. The summed E-state index contributed by atoms with van der Waals surface area (Å²) in [5, 5.41) is 11.1. The standard InChI is InChI=1S/C12H16FN3O5S/c1-2-3-20-12(19)15-10-7(13)4-16(11(18)14-10)8-6-22-9(5-17)21-8/h4,8-9,17H,2-3,5-6H2,1H3,(H,14,15,18,19)/t8-,9+/m0/s1. The van der Waals surface area contributed by atoms with Crippen LogP contribution in [0.3, 0.4) is 0 Å². The summed E-state index contributed by atoms with van der Waals surface area (Å²) in [5.41, 5.74) is -1.22. The molecule has 22 heavy (non-hydrogen) atoms. The van der Waals surface area contributed by atoms with Crippen molar-refractivity contribution in [3.05, 3.63) is 22.5 Å². The maximum absolute atomic E-state index is 13.9. The molecule has 0 aliphatic carbocycles. The zero-order chi connectivity index (χ0) is 16.1. The molecule has 0 aromatic carbocycles. The van der Waals surface area contributed by atoms with Crippen molar-refractivity contribution < 1.29 is 23.8 Å². The zero-order valence-corrected chi connectivity index (χ0v) is 12.6. The highest BCUT2D eigenvalue weighted by molar-refractivity contribution is 8.00. The number of hydrogen-bond donors (Lipinski definition) is 2. The molecule has 1 aromatic rings. The van der Waals surface area contributed by atoms with E-state index < -0.39 is 35.1 Å². The first kappa shape index (κ1) is 16.7. The first-order chi connectivity index (χ1) is 10.5. The van der Waals surface area contributed by atoms with Crippen LogP contribution < -0.4 is 11.0 Å². The van der Waals surface area contributed by atoms with E-state index in [2.05, 4.69) is 10.3 Å². The number of halogens is 1. The van der Waals surface area contributed by atoms with Crippen LogP contribution in [0.1, 0.15) is 19.6 Å². The molecular formula is C12H16FN3O5S. The summed E-state index contributed by atoms with van der Waals surface area (Å²) in [7, 11) is 0. The number of nitrogens with zero attached hydrogens (tertiary/aromatic N) is 2. The van der Waals surface area contributed by atoms with Crippen LogP contribution in [-0.2, 0) is 9.47 Å². The van der Waals surface area contributed by atoms with Gasteiger partial charge in [0.15, 0.2) is 11.6 Å². The van der Waals surface area contributed by atoms with E-state index in [0.29, 0.717) is 12.2 Å². The highest BCUT2D eigenvalue weighted by Gasteiger charge is 2.28. The molecule has 0 bridgehead atoms. The Balaban J connectivity index is 2.12. The fourth-order valence-electron chi connectivity index (χ4n) is 1.75. The molecule has 1 aromatic heterocycles. The van der Waals surface area contributed by atoms with Gasteiger partial charge in [-0.1, -0.05) is 6.92 Å². The first-order valence-electron chi connectivity index (χ1n) is 6.65. The van der Waals surface area contributed by atoms with Gasteiger partial charge in [0.1, 0.15) is 11.7 Å². The van der Waals surface area contributed by atoms with Crippen molar-refractivity contribution in [2.45, 2.75) is 25.0 Å². The lowest BCUT2D eigenvalue weighted by Gasteiger charge is -2.14. The van der Waals surface area contributed by atoms with Crippen molar-refractivity contribution in [3.63, 3.8) is 0 Å². The Bertz CT molecular complexity index is 597. The minimum absolute atomic E-state index is 0.181. The number of ether oxygens (including phenoxy) is 2. The molecule has 8 nitrogen and oxygen atoms in total. The topological polar surface area (TPSA) is 103 Å². The molecule has 0 saturated carbocycles. The maximum Gasteiger partial charge on any atom is 0.412 e. The molecule has 0 spiro atoms. The summed E-state index contributed by atoms with van der Waals surface area (Å²) in [6, 6.07) is 0. The van der Waals surface area contributed by atoms with Gasteiger partial charge in [0.05, 0.1) is 19.4 Å².